The maximum Gasteiger partial charge on any atom is 0.261 e. The van der Waals surface area contributed by atoms with Gasteiger partial charge in [-0.3, -0.25) is 4.79 Å². The molecule has 0 aliphatic carbocycles. The standard InChI is InChI=1S/C16H13ClFN3O3/c1-7-14(9(3)24-20-7)19-16(22)12-8(2)23-21-15(12)13-10(17)5-4-6-11(13)18/h4-6H,1-3H3,(H,19,22). The lowest BCUT2D eigenvalue weighted by atomic mass is 10.0. The second-order valence-electron chi connectivity index (χ2n) is 5.21. The number of nitrogens with one attached hydrogen (secondary N) is 1. The first-order valence-corrected chi connectivity index (χ1v) is 7.42. The normalized spacial score (nSPS) is 10.9. The molecule has 0 unspecified atom stereocenters. The number of nitrogens with zero attached hydrogens (tertiary/aromatic N) is 2. The minimum absolute atomic E-state index is 0.0138. The minimum Gasteiger partial charge on any atom is -0.360 e. The lowest BCUT2D eigenvalue weighted by Crippen LogP contribution is -2.14. The van der Waals surface area contributed by atoms with Gasteiger partial charge in [0.25, 0.3) is 5.91 Å². The Morgan fingerprint density at radius 1 is 1.17 bits per heavy atom. The van der Waals surface area contributed by atoms with Gasteiger partial charge in [-0.25, -0.2) is 4.39 Å². The molecule has 1 N–H and O–H groups in total. The van der Waals surface area contributed by atoms with Gasteiger partial charge in [-0.2, -0.15) is 0 Å². The summed E-state index contributed by atoms with van der Waals surface area (Å²) in [5.41, 5.74) is 1.13. The zero-order valence-corrected chi connectivity index (χ0v) is 13.9. The van der Waals surface area contributed by atoms with Crippen LogP contribution in [0.4, 0.5) is 10.1 Å². The molecule has 0 aliphatic heterocycles. The molecule has 1 amide bonds. The van der Waals surface area contributed by atoms with E-state index in [1.807, 2.05) is 0 Å². The molecule has 6 nitrogen and oxygen atoms in total. The number of amides is 1. The zero-order valence-electron chi connectivity index (χ0n) is 13.1. The number of carbonyl (C=O) groups excluding carboxylic acids is 1. The summed E-state index contributed by atoms with van der Waals surface area (Å²) in [5, 5.41) is 10.4. The van der Waals surface area contributed by atoms with Crippen LogP contribution in [0.2, 0.25) is 5.02 Å². The Morgan fingerprint density at radius 3 is 2.50 bits per heavy atom. The highest BCUT2D eigenvalue weighted by Gasteiger charge is 2.26. The second-order valence-corrected chi connectivity index (χ2v) is 5.62. The fourth-order valence-electron chi connectivity index (χ4n) is 2.37. The van der Waals surface area contributed by atoms with Crippen molar-refractivity contribution in [2.45, 2.75) is 20.8 Å². The highest BCUT2D eigenvalue weighted by molar-refractivity contribution is 6.33. The summed E-state index contributed by atoms with van der Waals surface area (Å²) in [6.45, 7) is 4.93. The first-order chi connectivity index (χ1) is 11.4. The van der Waals surface area contributed by atoms with Crippen molar-refractivity contribution >= 4 is 23.2 Å². The van der Waals surface area contributed by atoms with Crippen LogP contribution < -0.4 is 5.32 Å². The molecule has 3 rings (SSSR count). The van der Waals surface area contributed by atoms with Gasteiger partial charge < -0.3 is 14.4 Å². The molecule has 0 aliphatic rings. The molecule has 0 saturated carbocycles. The van der Waals surface area contributed by atoms with E-state index in [4.69, 9.17) is 20.6 Å². The van der Waals surface area contributed by atoms with Crippen LogP contribution in [-0.4, -0.2) is 16.2 Å². The van der Waals surface area contributed by atoms with E-state index in [9.17, 15) is 9.18 Å². The average Bonchev–Trinajstić information content (AvgIpc) is 3.04. The number of hydrogen-bond donors (Lipinski definition) is 1. The molecule has 1 aromatic carbocycles. The summed E-state index contributed by atoms with van der Waals surface area (Å²) in [6.07, 6.45) is 0. The monoisotopic (exact) mass is 349 g/mol. The molecular weight excluding hydrogens is 337 g/mol. The Balaban J connectivity index is 2.07. The number of halogens is 2. The van der Waals surface area contributed by atoms with E-state index in [1.165, 1.54) is 18.2 Å². The van der Waals surface area contributed by atoms with Crippen LogP contribution in [0.1, 0.15) is 27.6 Å². The molecule has 2 aromatic heterocycles. The number of hydrogen-bond acceptors (Lipinski definition) is 5. The third kappa shape index (κ3) is 2.67. The SMILES string of the molecule is Cc1noc(C)c1NC(=O)c1c(-c2c(F)cccc2Cl)noc1C. The summed E-state index contributed by atoms with van der Waals surface area (Å²) in [7, 11) is 0. The third-order valence-electron chi connectivity index (χ3n) is 3.56. The molecule has 2 heterocycles. The Kier molecular flexibility index (Phi) is 4.11. The molecule has 0 bridgehead atoms. The molecule has 0 saturated heterocycles. The highest BCUT2D eigenvalue weighted by Crippen LogP contribution is 2.34. The van der Waals surface area contributed by atoms with E-state index < -0.39 is 11.7 Å². The predicted molar refractivity (Wildman–Crippen MR) is 85.6 cm³/mol. The Hall–Kier alpha value is -2.67. The molecule has 124 valence electrons. The van der Waals surface area contributed by atoms with Gasteiger partial charge in [-0.05, 0) is 32.9 Å². The first-order valence-electron chi connectivity index (χ1n) is 7.05. The van der Waals surface area contributed by atoms with E-state index >= 15 is 0 Å². The van der Waals surface area contributed by atoms with Crippen LogP contribution in [0.25, 0.3) is 11.3 Å². The number of aryl methyl sites for hydroxylation is 3. The van der Waals surface area contributed by atoms with Crippen molar-refractivity contribution in [1.29, 1.82) is 0 Å². The van der Waals surface area contributed by atoms with Crippen LogP contribution in [0.5, 0.6) is 0 Å². The molecular formula is C16H13ClFN3O3. The van der Waals surface area contributed by atoms with Gasteiger partial charge in [-0.1, -0.05) is 28.0 Å². The molecule has 0 spiro atoms. The molecule has 8 heteroatoms. The van der Waals surface area contributed by atoms with Gasteiger partial charge in [0.1, 0.15) is 34.2 Å². The second kappa shape index (κ2) is 6.09. The topological polar surface area (TPSA) is 81.2 Å². The number of benzene rings is 1. The average molecular weight is 350 g/mol. The Morgan fingerprint density at radius 2 is 1.88 bits per heavy atom. The van der Waals surface area contributed by atoms with E-state index in [2.05, 4.69) is 15.6 Å². The summed E-state index contributed by atoms with van der Waals surface area (Å²) in [6, 6.07) is 4.22. The number of anilines is 1. The first kappa shape index (κ1) is 16.2. The summed E-state index contributed by atoms with van der Waals surface area (Å²) in [4.78, 5) is 12.7. The summed E-state index contributed by atoms with van der Waals surface area (Å²) < 4.78 is 24.3. The Bertz CT molecular complexity index is 893. The van der Waals surface area contributed by atoms with Crippen LogP contribution in [0.15, 0.2) is 27.2 Å². The number of aromatic nitrogens is 2. The molecule has 3 aromatic rings. The van der Waals surface area contributed by atoms with Crippen molar-refractivity contribution < 1.29 is 18.2 Å². The molecule has 0 radical (unpaired) electrons. The summed E-state index contributed by atoms with van der Waals surface area (Å²) in [5.74, 6) is -0.409. The van der Waals surface area contributed by atoms with Crippen molar-refractivity contribution in [3.8, 4) is 11.3 Å². The van der Waals surface area contributed by atoms with Gasteiger partial charge in [0.2, 0.25) is 0 Å². The van der Waals surface area contributed by atoms with Crippen LogP contribution in [0, 0.1) is 26.6 Å². The van der Waals surface area contributed by atoms with E-state index in [0.717, 1.165) is 0 Å². The molecule has 0 atom stereocenters. The lowest BCUT2D eigenvalue weighted by Gasteiger charge is -2.07. The highest BCUT2D eigenvalue weighted by atomic mass is 35.5. The summed E-state index contributed by atoms with van der Waals surface area (Å²) >= 11 is 6.06. The van der Waals surface area contributed by atoms with Crippen molar-refractivity contribution in [2.75, 3.05) is 5.32 Å². The molecule has 0 fully saturated rings. The van der Waals surface area contributed by atoms with Crippen LogP contribution in [0.3, 0.4) is 0 Å². The van der Waals surface area contributed by atoms with Gasteiger partial charge in [0, 0.05) is 0 Å². The van der Waals surface area contributed by atoms with Gasteiger partial charge in [-0.15, -0.1) is 0 Å². The van der Waals surface area contributed by atoms with E-state index in [-0.39, 0.29) is 27.6 Å². The maximum absolute atomic E-state index is 14.2. The van der Waals surface area contributed by atoms with Crippen molar-refractivity contribution in [1.82, 2.24) is 10.3 Å². The Labute approximate surface area is 141 Å². The van der Waals surface area contributed by atoms with E-state index in [1.54, 1.807) is 20.8 Å². The quantitative estimate of drug-likeness (QED) is 0.762. The van der Waals surface area contributed by atoms with Gasteiger partial charge in [0.05, 0.1) is 10.6 Å². The number of rotatable bonds is 3. The van der Waals surface area contributed by atoms with Crippen LogP contribution in [-0.2, 0) is 0 Å². The number of carbonyl (C=O) groups is 1. The smallest absolute Gasteiger partial charge is 0.261 e. The maximum atomic E-state index is 14.2. The van der Waals surface area contributed by atoms with E-state index in [0.29, 0.717) is 17.1 Å². The minimum atomic E-state index is -0.595. The van der Waals surface area contributed by atoms with Gasteiger partial charge >= 0.3 is 0 Å². The largest absolute Gasteiger partial charge is 0.360 e. The molecule has 24 heavy (non-hydrogen) atoms. The predicted octanol–water partition coefficient (Wildman–Crippen LogP) is 4.30. The van der Waals surface area contributed by atoms with Crippen molar-refractivity contribution in [2.24, 2.45) is 0 Å². The van der Waals surface area contributed by atoms with Gasteiger partial charge in [0.15, 0.2) is 5.76 Å². The zero-order chi connectivity index (χ0) is 17.4. The lowest BCUT2D eigenvalue weighted by molar-refractivity contribution is 0.102. The fraction of sp³-hybridized carbons (Fsp3) is 0.188. The third-order valence-corrected chi connectivity index (χ3v) is 3.88. The van der Waals surface area contributed by atoms with Crippen molar-refractivity contribution in [3.05, 3.63) is 51.8 Å². The van der Waals surface area contributed by atoms with Crippen molar-refractivity contribution in [3.63, 3.8) is 0 Å². The van der Waals surface area contributed by atoms with Crippen LogP contribution >= 0.6 is 11.6 Å². The fourth-order valence-corrected chi connectivity index (χ4v) is 2.62.